The summed E-state index contributed by atoms with van der Waals surface area (Å²) in [6.45, 7) is 2.17. The van der Waals surface area contributed by atoms with Crippen LogP contribution in [0.4, 0.5) is 0 Å². The number of piperidine rings is 1. The summed E-state index contributed by atoms with van der Waals surface area (Å²) in [5.41, 5.74) is 1.19. The fourth-order valence-corrected chi connectivity index (χ4v) is 2.45. The number of aromatic hydroxyl groups is 1. The lowest BCUT2D eigenvalue weighted by molar-refractivity contribution is -0.142. The van der Waals surface area contributed by atoms with E-state index in [1.54, 1.807) is 6.07 Å². The number of carbonyl (C=O) groups excluding carboxylic acids is 1. The fourth-order valence-electron chi connectivity index (χ4n) is 2.45. The number of carbonyl (C=O) groups is 1. The molecule has 4 heteroatoms. The Bertz CT molecular complexity index is 411. The maximum absolute atomic E-state index is 11.2. The van der Waals surface area contributed by atoms with Crippen molar-refractivity contribution < 1.29 is 14.6 Å². The van der Waals surface area contributed by atoms with Crippen LogP contribution in [-0.2, 0) is 9.53 Å². The molecular weight excluding hydrogens is 230 g/mol. The van der Waals surface area contributed by atoms with Gasteiger partial charge in [-0.2, -0.15) is 0 Å². The van der Waals surface area contributed by atoms with E-state index in [9.17, 15) is 9.90 Å². The Labute approximate surface area is 107 Å². The molecule has 1 heterocycles. The molecule has 0 bridgehead atoms. The second-order valence-electron chi connectivity index (χ2n) is 4.72. The first-order valence-corrected chi connectivity index (χ1v) is 6.27. The first-order valence-electron chi connectivity index (χ1n) is 6.27. The number of nitrogens with zero attached hydrogens (tertiary/aromatic N) is 1. The number of likely N-dealkylation sites (tertiary alicyclic amines) is 1. The Morgan fingerprint density at radius 1 is 1.44 bits per heavy atom. The molecule has 2 rings (SSSR count). The maximum Gasteiger partial charge on any atom is 0.319 e. The molecule has 0 unspecified atom stereocenters. The topological polar surface area (TPSA) is 49.8 Å². The molecule has 0 amide bonds. The van der Waals surface area contributed by atoms with E-state index in [1.807, 2.05) is 12.1 Å². The Hall–Kier alpha value is -1.55. The van der Waals surface area contributed by atoms with Crippen LogP contribution in [0.3, 0.4) is 0 Å². The van der Waals surface area contributed by atoms with Crippen molar-refractivity contribution in [2.75, 3.05) is 26.7 Å². The highest BCUT2D eigenvalue weighted by atomic mass is 16.5. The molecule has 1 aromatic carbocycles. The first-order chi connectivity index (χ1) is 8.69. The SMILES string of the molecule is COC(=O)CN1CCC(c2cccc(O)c2)CC1. The third-order valence-corrected chi connectivity index (χ3v) is 3.51. The van der Waals surface area contributed by atoms with Crippen LogP contribution in [0.15, 0.2) is 24.3 Å². The number of esters is 1. The van der Waals surface area contributed by atoms with Gasteiger partial charge in [0.1, 0.15) is 5.75 Å². The van der Waals surface area contributed by atoms with Crippen molar-refractivity contribution in [2.45, 2.75) is 18.8 Å². The first kappa shape index (κ1) is 12.9. The monoisotopic (exact) mass is 249 g/mol. The summed E-state index contributed by atoms with van der Waals surface area (Å²) in [4.78, 5) is 13.3. The van der Waals surface area contributed by atoms with Crippen molar-refractivity contribution in [1.29, 1.82) is 0 Å². The number of phenols is 1. The van der Waals surface area contributed by atoms with Crippen LogP contribution < -0.4 is 0 Å². The largest absolute Gasteiger partial charge is 0.508 e. The molecule has 0 spiro atoms. The van der Waals surface area contributed by atoms with Crippen molar-refractivity contribution in [2.24, 2.45) is 0 Å². The number of ether oxygens (including phenoxy) is 1. The van der Waals surface area contributed by atoms with Crippen LogP contribution >= 0.6 is 0 Å². The zero-order valence-electron chi connectivity index (χ0n) is 10.6. The van der Waals surface area contributed by atoms with Crippen LogP contribution in [0.25, 0.3) is 0 Å². The highest BCUT2D eigenvalue weighted by Gasteiger charge is 2.22. The summed E-state index contributed by atoms with van der Waals surface area (Å²) in [6.07, 6.45) is 2.03. The lowest BCUT2D eigenvalue weighted by atomic mass is 9.89. The van der Waals surface area contributed by atoms with E-state index in [4.69, 9.17) is 0 Å². The van der Waals surface area contributed by atoms with Crippen LogP contribution in [-0.4, -0.2) is 42.7 Å². The number of rotatable bonds is 3. The van der Waals surface area contributed by atoms with Gasteiger partial charge in [0.05, 0.1) is 13.7 Å². The van der Waals surface area contributed by atoms with Gasteiger partial charge < -0.3 is 9.84 Å². The average molecular weight is 249 g/mol. The lowest BCUT2D eigenvalue weighted by Crippen LogP contribution is -2.37. The average Bonchev–Trinajstić information content (AvgIpc) is 2.39. The molecule has 1 aromatic rings. The second kappa shape index (κ2) is 5.87. The molecule has 18 heavy (non-hydrogen) atoms. The van der Waals surface area contributed by atoms with Gasteiger partial charge in [-0.1, -0.05) is 12.1 Å². The molecule has 0 saturated carbocycles. The highest BCUT2D eigenvalue weighted by Crippen LogP contribution is 2.29. The van der Waals surface area contributed by atoms with Crippen LogP contribution in [0.1, 0.15) is 24.3 Å². The van der Waals surface area contributed by atoms with Crippen molar-refractivity contribution >= 4 is 5.97 Å². The minimum atomic E-state index is -0.175. The Kier molecular flexibility index (Phi) is 4.20. The van der Waals surface area contributed by atoms with Gasteiger partial charge in [0.25, 0.3) is 0 Å². The number of methoxy groups -OCH3 is 1. The Morgan fingerprint density at radius 2 is 2.17 bits per heavy atom. The van der Waals surface area contributed by atoms with Crippen molar-refractivity contribution in [3.8, 4) is 5.75 Å². The smallest absolute Gasteiger partial charge is 0.319 e. The minimum absolute atomic E-state index is 0.175. The molecule has 0 aliphatic carbocycles. The quantitative estimate of drug-likeness (QED) is 0.829. The summed E-state index contributed by atoms with van der Waals surface area (Å²) < 4.78 is 4.67. The zero-order chi connectivity index (χ0) is 13.0. The lowest BCUT2D eigenvalue weighted by Gasteiger charge is -2.31. The van der Waals surface area contributed by atoms with Gasteiger partial charge in [-0.15, -0.1) is 0 Å². The van der Waals surface area contributed by atoms with Gasteiger partial charge in [-0.25, -0.2) is 0 Å². The number of hydrogen-bond acceptors (Lipinski definition) is 4. The minimum Gasteiger partial charge on any atom is -0.508 e. The maximum atomic E-state index is 11.2. The standard InChI is InChI=1S/C14H19NO3/c1-18-14(17)10-15-7-5-11(6-8-15)12-3-2-4-13(16)9-12/h2-4,9,11,16H,5-8,10H2,1H3. The molecular formula is C14H19NO3. The number of hydrogen-bond donors (Lipinski definition) is 1. The highest BCUT2D eigenvalue weighted by molar-refractivity contribution is 5.71. The molecule has 0 aromatic heterocycles. The molecule has 98 valence electrons. The molecule has 1 saturated heterocycles. The van der Waals surface area contributed by atoms with Gasteiger partial charge in [-0.05, 0) is 49.5 Å². The van der Waals surface area contributed by atoms with Crippen molar-refractivity contribution in [1.82, 2.24) is 4.90 Å². The van der Waals surface area contributed by atoms with E-state index >= 15 is 0 Å². The van der Waals surface area contributed by atoms with Gasteiger partial charge in [-0.3, -0.25) is 9.69 Å². The summed E-state index contributed by atoms with van der Waals surface area (Å²) >= 11 is 0. The predicted octanol–water partition coefficient (Wildman–Crippen LogP) is 1.74. The van der Waals surface area contributed by atoms with Gasteiger partial charge >= 0.3 is 5.97 Å². The van der Waals surface area contributed by atoms with Crippen molar-refractivity contribution in [3.63, 3.8) is 0 Å². The van der Waals surface area contributed by atoms with E-state index in [0.717, 1.165) is 25.9 Å². The molecule has 1 aliphatic heterocycles. The van der Waals surface area contributed by atoms with E-state index in [2.05, 4.69) is 15.7 Å². The van der Waals surface area contributed by atoms with Crippen LogP contribution in [0.2, 0.25) is 0 Å². The van der Waals surface area contributed by atoms with Crippen molar-refractivity contribution in [3.05, 3.63) is 29.8 Å². The molecule has 0 radical (unpaired) electrons. The summed E-state index contributed by atoms with van der Waals surface area (Å²) in [6, 6.07) is 7.46. The molecule has 1 aliphatic rings. The van der Waals surface area contributed by atoms with E-state index < -0.39 is 0 Å². The summed E-state index contributed by atoms with van der Waals surface area (Å²) in [7, 11) is 1.42. The number of phenolic OH excluding ortho intramolecular Hbond substituents is 1. The van der Waals surface area contributed by atoms with E-state index in [-0.39, 0.29) is 5.97 Å². The fraction of sp³-hybridized carbons (Fsp3) is 0.500. The van der Waals surface area contributed by atoms with Gasteiger partial charge in [0.15, 0.2) is 0 Å². The third-order valence-electron chi connectivity index (χ3n) is 3.51. The summed E-state index contributed by atoms with van der Waals surface area (Å²) in [5.74, 6) is 0.626. The molecule has 4 nitrogen and oxygen atoms in total. The molecule has 0 atom stereocenters. The normalized spacial score (nSPS) is 17.6. The number of benzene rings is 1. The van der Waals surface area contributed by atoms with E-state index in [0.29, 0.717) is 18.2 Å². The van der Waals surface area contributed by atoms with E-state index in [1.165, 1.54) is 12.7 Å². The van der Waals surface area contributed by atoms with Crippen LogP contribution in [0, 0.1) is 0 Å². The van der Waals surface area contributed by atoms with Crippen LogP contribution in [0.5, 0.6) is 5.75 Å². The molecule has 1 N–H and O–H groups in total. The van der Waals surface area contributed by atoms with Gasteiger partial charge in [0.2, 0.25) is 0 Å². The third kappa shape index (κ3) is 3.23. The van der Waals surface area contributed by atoms with Gasteiger partial charge in [0, 0.05) is 0 Å². The zero-order valence-corrected chi connectivity index (χ0v) is 10.6. The summed E-state index contributed by atoms with van der Waals surface area (Å²) in [5, 5.41) is 9.47. The predicted molar refractivity (Wildman–Crippen MR) is 68.5 cm³/mol. The second-order valence-corrected chi connectivity index (χ2v) is 4.72. The Balaban J connectivity index is 1.88. The molecule has 1 fully saturated rings. The Morgan fingerprint density at radius 3 is 2.78 bits per heavy atom.